The fourth-order valence-corrected chi connectivity index (χ4v) is 11.0. The Bertz CT molecular complexity index is 1270. The standard InChI is InChI=1S/C73H138O6/c1-4-7-10-13-16-19-22-25-28-30-32-33-34-35-36-37-38-39-41-42-45-48-51-54-57-60-63-66-72(75)78-69-70(68-77-71(74)65-62-59-56-53-50-47-44-27-24-21-18-15-12-9-6-3)79-73(76)67-64-61-58-55-52-49-46-43-40-31-29-26-23-20-17-14-11-8-5-2/h27,30,32,44,70H,4-26,28-29,31,33-43,45-69H2,1-3H3/b32-30-,44-27-. The SMILES string of the molecule is CCCCCCCC/C=C\CCCCCCCC(=O)OCC(COC(=O)CCCCCCCCCCCCCCCCC/C=C\CCCCCCCCCC)OC(=O)CCCCCCCCCCCCCCCCCCCCC. The first kappa shape index (κ1) is 76.9. The monoisotopic (exact) mass is 1110 g/mol. The van der Waals surface area contributed by atoms with Gasteiger partial charge in [0.15, 0.2) is 6.10 Å². The van der Waals surface area contributed by atoms with Crippen LogP contribution in [0.15, 0.2) is 24.3 Å². The second kappa shape index (κ2) is 68.4. The van der Waals surface area contributed by atoms with Crippen molar-refractivity contribution in [3.05, 3.63) is 24.3 Å². The summed E-state index contributed by atoms with van der Waals surface area (Å²) >= 11 is 0. The van der Waals surface area contributed by atoms with E-state index in [-0.39, 0.29) is 31.1 Å². The van der Waals surface area contributed by atoms with Crippen LogP contribution in [0.5, 0.6) is 0 Å². The van der Waals surface area contributed by atoms with Gasteiger partial charge in [0.2, 0.25) is 0 Å². The quantitative estimate of drug-likeness (QED) is 0.0261. The molecule has 6 heteroatoms. The number of esters is 3. The van der Waals surface area contributed by atoms with E-state index in [0.717, 1.165) is 64.2 Å². The number of ether oxygens (including phenoxy) is 3. The van der Waals surface area contributed by atoms with Gasteiger partial charge in [0.1, 0.15) is 13.2 Å². The van der Waals surface area contributed by atoms with Crippen LogP contribution in [0.2, 0.25) is 0 Å². The van der Waals surface area contributed by atoms with Gasteiger partial charge in [-0.3, -0.25) is 14.4 Å². The van der Waals surface area contributed by atoms with E-state index in [1.807, 2.05) is 0 Å². The fourth-order valence-electron chi connectivity index (χ4n) is 11.0. The predicted octanol–water partition coefficient (Wildman–Crippen LogP) is 24.6. The Morgan fingerprint density at radius 3 is 0.633 bits per heavy atom. The largest absolute Gasteiger partial charge is 0.462 e. The van der Waals surface area contributed by atoms with Gasteiger partial charge in [0.05, 0.1) is 0 Å². The van der Waals surface area contributed by atoms with Crippen molar-refractivity contribution >= 4 is 17.9 Å². The zero-order valence-electron chi connectivity index (χ0n) is 53.7. The topological polar surface area (TPSA) is 78.9 Å². The molecule has 6 nitrogen and oxygen atoms in total. The van der Waals surface area contributed by atoms with E-state index in [1.54, 1.807) is 0 Å². The molecule has 0 rings (SSSR count). The van der Waals surface area contributed by atoms with Crippen molar-refractivity contribution in [3.8, 4) is 0 Å². The third kappa shape index (κ3) is 66.6. The van der Waals surface area contributed by atoms with Crippen LogP contribution in [0, 0.1) is 0 Å². The lowest BCUT2D eigenvalue weighted by Gasteiger charge is -2.18. The predicted molar refractivity (Wildman–Crippen MR) is 344 cm³/mol. The normalized spacial score (nSPS) is 12.1. The summed E-state index contributed by atoms with van der Waals surface area (Å²) < 4.78 is 17.0. The Morgan fingerprint density at radius 2 is 0.418 bits per heavy atom. The lowest BCUT2D eigenvalue weighted by atomic mass is 10.0. The van der Waals surface area contributed by atoms with E-state index in [1.165, 1.54) is 302 Å². The van der Waals surface area contributed by atoms with Gasteiger partial charge in [0.25, 0.3) is 0 Å². The Hall–Kier alpha value is -2.11. The molecule has 0 aromatic carbocycles. The number of carbonyl (C=O) groups excluding carboxylic acids is 3. The highest BCUT2D eigenvalue weighted by atomic mass is 16.6. The third-order valence-electron chi connectivity index (χ3n) is 16.4. The van der Waals surface area contributed by atoms with E-state index in [4.69, 9.17) is 14.2 Å². The molecular weight excluding hydrogens is 973 g/mol. The number of allylic oxidation sites excluding steroid dienone is 4. The Kier molecular flexibility index (Phi) is 66.6. The zero-order chi connectivity index (χ0) is 57.1. The molecule has 0 aliphatic carbocycles. The first-order chi connectivity index (χ1) is 39.0. The van der Waals surface area contributed by atoms with Gasteiger partial charge in [-0.05, 0) is 70.6 Å². The Balaban J connectivity index is 4.23. The highest BCUT2D eigenvalue weighted by Crippen LogP contribution is 2.19. The third-order valence-corrected chi connectivity index (χ3v) is 16.4. The van der Waals surface area contributed by atoms with Gasteiger partial charge < -0.3 is 14.2 Å². The summed E-state index contributed by atoms with van der Waals surface area (Å²) in [7, 11) is 0. The number of hydrogen-bond donors (Lipinski definition) is 0. The van der Waals surface area contributed by atoms with Crippen LogP contribution in [-0.2, 0) is 28.6 Å². The van der Waals surface area contributed by atoms with Crippen molar-refractivity contribution in [1.29, 1.82) is 0 Å². The molecular formula is C73H138O6. The maximum absolute atomic E-state index is 12.9. The van der Waals surface area contributed by atoms with Crippen LogP contribution < -0.4 is 0 Å². The summed E-state index contributed by atoms with van der Waals surface area (Å²) in [6.45, 7) is 6.71. The summed E-state index contributed by atoms with van der Waals surface area (Å²) in [6, 6.07) is 0. The average molecular weight is 1110 g/mol. The average Bonchev–Trinajstić information content (AvgIpc) is 3.45. The molecule has 0 aliphatic rings. The second-order valence-corrected chi connectivity index (χ2v) is 24.5. The van der Waals surface area contributed by atoms with Gasteiger partial charge >= 0.3 is 17.9 Å². The van der Waals surface area contributed by atoms with Gasteiger partial charge in [-0.15, -0.1) is 0 Å². The summed E-state index contributed by atoms with van der Waals surface area (Å²) in [5, 5.41) is 0. The number of rotatable bonds is 67. The van der Waals surface area contributed by atoms with E-state index < -0.39 is 6.10 Å². The molecule has 0 saturated carbocycles. The van der Waals surface area contributed by atoms with Gasteiger partial charge in [0, 0.05) is 19.3 Å². The molecule has 0 saturated heterocycles. The van der Waals surface area contributed by atoms with Gasteiger partial charge in [-0.2, -0.15) is 0 Å². The molecule has 79 heavy (non-hydrogen) atoms. The lowest BCUT2D eigenvalue weighted by Crippen LogP contribution is -2.30. The first-order valence-electron chi connectivity index (χ1n) is 35.8. The molecule has 0 bridgehead atoms. The molecule has 0 heterocycles. The van der Waals surface area contributed by atoms with Crippen LogP contribution in [0.1, 0.15) is 406 Å². The summed E-state index contributed by atoms with van der Waals surface area (Å²) in [5.41, 5.74) is 0. The molecule has 1 unspecified atom stereocenters. The molecule has 0 amide bonds. The van der Waals surface area contributed by atoms with Crippen molar-refractivity contribution in [1.82, 2.24) is 0 Å². The molecule has 0 aromatic rings. The maximum Gasteiger partial charge on any atom is 0.306 e. The zero-order valence-corrected chi connectivity index (χ0v) is 53.7. The minimum absolute atomic E-state index is 0.0677. The number of carbonyl (C=O) groups is 3. The molecule has 0 fully saturated rings. The van der Waals surface area contributed by atoms with Crippen LogP contribution in [0.25, 0.3) is 0 Å². The molecule has 0 radical (unpaired) electrons. The molecule has 0 aliphatic heterocycles. The van der Waals surface area contributed by atoms with Crippen LogP contribution in [-0.4, -0.2) is 37.2 Å². The van der Waals surface area contributed by atoms with Crippen molar-refractivity contribution in [2.24, 2.45) is 0 Å². The lowest BCUT2D eigenvalue weighted by molar-refractivity contribution is -0.167. The first-order valence-corrected chi connectivity index (χ1v) is 35.8. The minimum Gasteiger partial charge on any atom is -0.462 e. The maximum atomic E-state index is 12.9. The minimum atomic E-state index is -0.772. The van der Waals surface area contributed by atoms with Crippen LogP contribution in [0.4, 0.5) is 0 Å². The smallest absolute Gasteiger partial charge is 0.306 e. The molecule has 466 valence electrons. The number of unbranched alkanes of at least 4 members (excludes halogenated alkanes) is 52. The van der Waals surface area contributed by atoms with E-state index >= 15 is 0 Å². The van der Waals surface area contributed by atoms with E-state index in [2.05, 4.69) is 45.1 Å². The highest BCUT2D eigenvalue weighted by molar-refractivity contribution is 5.71. The summed E-state index contributed by atoms with van der Waals surface area (Å²) in [6.07, 6.45) is 83.5. The van der Waals surface area contributed by atoms with Crippen molar-refractivity contribution in [2.75, 3.05) is 13.2 Å². The van der Waals surface area contributed by atoms with Crippen LogP contribution in [0.3, 0.4) is 0 Å². The van der Waals surface area contributed by atoms with Crippen molar-refractivity contribution in [2.45, 2.75) is 412 Å². The molecule has 0 N–H and O–H groups in total. The highest BCUT2D eigenvalue weighted by Gasteiger charge is 2.19. The van der Waals surface area contributed by atoms with E-state index in [9.17, 15) is 14.4 Å². The van der Waals surface area contributed by atoms with E-state index in [0.29, 0.717) is 19.3 Å². The van der Waals surface area contributed by atoms with Crippen LogP contribution >= 0.6 is 0 Å². The summed E-state index contributed by atoms with van der Waals surface area (Å²) in [5.74, 6) is -0.843. The molecule has 0 spiro atoms. The Labute approximate surface area is 493 Å². The van der Waals surface area contributed by atoms with Crippen molar-refractivity contribution < 1.29 is 28.6 Å². The number of hydrogen-bond acceptors (Lipinski definition) is 6. The molecule has 0 aromatic heterocycles. The summed E-state index contributed by atoms with van der Waals surface area (Å²) in [4.78, 5) is 38.4. The van der Waals surface area contributed by atoms with Gasteiger partial charge in [-0.25, -0.2) is 0 Å². The van der Waals surface area contributed by atoms with Gasteiger partial charge in [-0.1, -0.05) is 340 Å². The second-order valence-electron chi connectivity index (χ2n) is 24.5. The van der Waals surface area contributed by atoms with Crippen molar-refractivity contribution in [3.63, 3.8) is 0 Å². The Morgan fingerprint density at radius 1 is 0.241 bits per heavy atom. The fraction of sp³-hybridized carbons (Fsp3) is 0.904. The molecule has 1 atom stereocenters.